The lowest BCUT2D eigenvalue weighted by atomic mass is 10.1. The average Bonchev–Trinajstić information content (AvgIpc) is 2.94. The number of carbonyl (C=O) groups is 3. The van der Waals surface area contributed by atoms with E-state index < -0.39 is 17.8 Å². The lowest BCUT2D eigenvalue weighted by Crippen LogP contribution is -2.18. The summed E-state index contributed by atoms with van der Waals surface area (Å²) in [6, 6.07) is 24.7. The summed E-state index contributed by atoms with van der Waals surface area (Å²) in [4.78, 5) is 37.5. The van der Waals surface area contributed by atoms with Gasteiger partial charge in [0, 0.05) is 15.7 Å². The molecule has 0 bridgehead atoms. The van der Waals surface area contributed by atoms with Crippen LogP contribution < -0.4 is 20.2 Å². The molecular weight excluding hydrogens is 586 g/mol. The Morgan fingerprint density at radius 1 is 0.846 bits per heavy atom. The van der Waals surface area contributed by atoms with Gasteiger partial charge in [0.15, 0.2) is 11.5 Å². The largest absolute Gasteiger partial charge is 0.493 e. The molecule has 0 aliphatic heterocycles. The number of methoxy groups -OCH3 is 1. The van der Waals surface area contributed by atoms with Crippen LogP contribution in [0.15, 0.2) is 101 Å². The first-order chi connectivity index (χ1) is 18.8. The van der Waals surface area contributed by atoms with Gasteiger partial charge >= 0.3 is 5.97 Å². The van der Waals surface area contributed by atoms with Crippen molar-refractivity contribution in [3.63, 3.8) is 0 Å². The van der Waals surface area contributed by atoms with Crippen molar-refractivity contribution in [1.29, 1.82) is 0 Å². The van der Waals surface area contributed by atoms with Gasteiger partial charge in [-0.15, -0.1) is 0 Å². The Hall–Kier alpha value is -4.47. The molecule has 196 valence electrons. The second kappa shape index (κ2) is 12.9. The molecule has 10 heteroatoms. The summed E-state index contributed by atoms with van der Waals surface area (Å²) >= 11 is 9.41. The van der Waals surface area contributed by atoms with Crippen molar-refractivity contribution in [2.75, 3.05) is 12.4 Å². The summed E-state index contributed by atoms with van der Waals surface area (Å²) < 4.78 is 11.7. The fraction of sp³-hybridized carbons (Fsp3) is 0.0345. The first-order valence-corrected chi connectivity index (χ1v) is 12.7. The summed E-state index contributed by atoms with van der Waals surface area (Å²) in [6.45, 7) is 0. The summed E-state index contributed by atoms with van der Waals surface area (Å²) in [7, 11) is 1.45. The molecule has 4 aromatic carbocycles. The highest BCUT2D eigenvalue weighted by Gasteiger charge is 2.14. The first kappa shape index (κ1) is 27.6. The van der Waals surface area contributed by atoms with Gasteiger partial charge in [-0.2, -0.15) is 5.10 Å². The molecule has 0 saturated heterocycles. The SMILES string of the molecule is COc1cc(C=NNC(=O)c2cccc(NC(=O)c3ccccc3Cl)c2)ccc1OC(=O)c1ccc(Br)cc1. The van der Waals surface area contributed by atoms with Crippen LogP contribution in [0.1, 0.15) is 36.6 Å². The minimum absolute atomic E-state index is 0.238. The van der Waals surface area contributed by atoms with Gasteiger partial charge in [0.25, 0.3) is 11.8 Å². The van der Waals surface area contributed by atoms with Crippen molar-refractivity contribution in [2.24, 2.45) is 5.10 Å². The number of carbonyl (C=O) groups excluding carboxylic acids is 3. The number of esters is 1. The van der Waals surface area contributed by atoms with Crippen molar-refractivity contribution < 1.29 is 23.9 Å². The van der Waals surface area contributed by atoms with Gasteiger partial charge in [-0.25, -0.2) is 10.2 Å². The Balaban J connectivity index is 1.38. The summed E-state index contributed by atoms with van der Waals surface area (Å²) in [5.74, 6) is -0.845. The number of ether oxygens (including phenoxy) is 2. The Labute approximate surface area is 237 Å². The molecule has 0 heterocycles. The summed E-state index contributed by atoms with van der Waals surface area (Å²) in [6.07, 6.45) is 1.42. The number of rotatable bonds is 8. The molecule has 4 rings (SSSR count). The van der Waals surface area contributed by atoms with Gasteiger partial charge in [0.2, 0.25) is 0 Å². The van der Waals surface area contributed by atoms with E-state index in [1.807, 2.05) is 0 Å². The van der Waals surface area contributed by atoms with Crippen LogP contribution in [0.3, 0.4) is 0 Å². The van der Waals surface area contributed by atoms with Crippen molar-refractivity contribution in [1.82, 2.24) is 5.43 Å². The topological polar surface area (TPSA) is 106 Å². The highest BCUT2D eigenvalue weighted by molar-refractivity contribution is 9.10. The number of nitrogens with zero attached hydrogens (tertiary/aromatic N) is 1. The van der Waals surface area contributed by atoms with E-state index in [0.717, 1.165) is 4.47 Å². The van der Waals surface area contributed by atoms with E-state index in [9.17, 15) is 14.4 Å². The lowest BCUT2D eigenvalue weighted by Gasteiger charge is -2.10. The number of hydrogen-bond donors (Lipinski definition) is 2. The molecule has 0 spiro atoms. The van der Waals surface area contributed by atoms with Crippen LogP contribution in [0.5, 0.6) is 11.5 Å². The van der Waals surface area contributed by atoms with Crippen molar-refractivity contribution in [3.05, 3.63) is 123 Å². The number of hydrogen-bond acceptors (Lipinski definition) is 6. The average molecular weight is 607 g/mol. The Kier molecular flexibility index (Phi) is 9.09. The van der Waals surface area contributed by atoms with Crippen molar-refractivity contribution in [3.8, 4) is 11.5 Å². The van der Waals surface area contributed by atoms with Gasteiger partial charge in [-0.1, -0.05) is 45.7 Å². The maximum Gasteiger partial charge on any atom is 0.343 e. The molecule has 0 atom stereocenters. The van der Waals surface area contributed by atoms with Crippen LogP contribution >= 0.6 is 27.5 Å². The molecule has 39 heavy (non-hydrogen) atoms. The monoisotopic (exact) mass is 605 g/mol. The quantitative estimate of drug-likeness (QED) is 0.105. The van der Waals surface area contributed by atoms with Crippen molar-refractivity contribution >= 4 is 57.2 Å². The number of amides is 2. The predicted molar refractivity (Wildman–Crippen MR) is 153 cm³/mol. The lowest BCUT2D eigenvalue weighted by molar-refractivity contribution is 0.0729. The maximum atomic E-state index is 12.6. The van der Waals surface area contributed by atoms with E-state index in [1.54, 1.807) is 84.9 Å². The zero-order valence-corrected chi connectivity index (χ0v) is 22.8. The minimum Gasteiger partial charge on any atom is -0.493 e. The molecule has 0 radical (unpaired) electrons. The van der Waals surface area contributed by atoms with Crippen LogP contribution in [-0.4, -0.2) is 31.1 Å². The van der Waals surface area contributed by atoms with Crippen LogP contribution in [0, 0.1) is 0 Å². The third-order valence-corrected chi connectivity index (χ3v) is 6.21. The molecular formula is C29H21BrClN3O5. The highest BCUT2D eigenvalue weighted by Crippen LogP contribution is 2.28. The van der Waals surface area contributed by atoms with Crippen LogP contribution in [0.25, 0.3) is 0 Å². The number of benzene rings is 4. The van der Waals surface area contributed by atoms with Gasteiger partial charge in [0.1, 0.15) is 0 Å². The van der Waals surface area contributed by atoms with Gasteiger partial charge < -0.3 is 14.8 Å². The highest BCUT2D eigenvalue weighted by atomic mass is 79.9. The Morgan fingerprint density at radius 2 is 1.62 bits per heavy atom. The van der Waals surface area contributed by atoms with E-state index >= 15 is 0 Å². The van der Waals surface area contributed by atoms with Gasteiger partial charge in [-0.3, -0.25) is 9.59 Å². The molecule has 0 saturated carbocycles. The van der Waals surface area contributed by atoms with E-state index in [1.165, 1.54) is 19.4 Å². The third kappa shape index (κ3) is 7.31. The molecule has 0 fully saturated rings. The number of anilines is 1. The Morgan fingerprint density at radius 3 is 2.36 bits per heavy atom. The van der Waals surface area contributed by atoms with Gasteiger partial charge in [0.05, 0.1) is 29.5 Å². The zero-order chi connectivity index (χ0) is 27.8. The predicted octanol–water partition coefficient (Wildman–Crippen LogP) is 6.35. The van der Waals surface area contributed by atoms with Crippen molar-refractivity contribution in [2.45, 2.75) is 0 Å². The first-order valence-electron chi connectivity index (χ1n) is 11.5. The Bertz CT molecular complexity index is 1560. The second-order valence-corrected chi connectivity index (χ2v) is 9.34. The maximum absolute atomic E-state index is 12.6. The van der Waals surface area contributed by atoms with Crippen LogP contribution in [0.2, 0.25) is 5.02 Å². The molecule has 2 amide bonds. The van der Waals surface area contributed by atoms with E-state index in [2.05, 4.69) is 31.8 Å². The normalized spacial score (nSPS) is 10.6. The third-order valence-electron chi connectivity index (χ3n) is 5.35. The molecule has 0 aromatic heterocycles. The number of hydrazone groups is 1. The summed E-state index contributed by atoms with van der Waals surface area (Å²) in [5, 5.41) is 7.04. The summed E-state index contributed by atoms with van der Waals surface area (Å²) in [5.41, 5.74) is 4.47. The van der Waals surface area contributed by atoms with Crippen LogP contribution in [0.4, 0.5) is 5.69 Å². The van der Waals surface area contributed by atoms with E-state index in [-0.39, 0.29) is 11.3 Å². The zero-order valence-electron chi connectivity index (χ0n) is 20.5. The standard InChI is InChI=1S/C29H21BrClN3O5/c1-38-26-15-18(9-14-25(26)39-29(37)19-10-12-21(30)13-11-19)17-32-34-27(35)20-5-4-6-22(16-20)33-28(36)23-7-2-3-8-24(23)31/h2-17H,1H3,(H,33,36)(H,34,35). The second-order valence-electron chi connectivity index (χ2n) is 8.02. The minimum atomic E-state index is -0.528. The number of halogens is 2. The molecule has 0 unspecified atom stereocenters. The molecule has 0 aliphatic rings. The molecule has 0 aliphatic carbocycles. The molecule has 8 nitrogen and oxygen atoms in total. The number of nitrogens with one attached hydrogen (secondary N) is 2. The van der Waals surface area contributed by atoms with Crippen LogP contribution in [-0.2, 0) is 0 Å². The van der Waals surface area contributed by atoms with E-state index in [0.29, 0.717) is 33.1 Å². The van der Waals surface area contributed by atoms with E-state index in [4.69, 9.17) is 21.1 Å². The fourth-order valence-corrected chi connectivity index (χ4v) is 3.89. The van der Waals surface area contributed by atoms with Gasteiger partial charge in [-0.05, 0) is 78.4 Å². The molecule has 2 N–H and O–H groups in total. The smallest absolute Gasteiger partial charge is 0.343 e. The molecule has 4 aromatic rings. The fourth-order valence-electron chi connectivity index (χ4n) is 3.41.